The third-order valence-corrected chi connectivity index (χ3v) is 6.49. The maximum Gasteiger partial charge on any atom is 0.213 e. The molecule has 38 heavy (non-hydrogen) atoms. The first-order valence-electron chi connectivity index (χ1n) is 12.1. The predicted molar refractivity (Wildman–Crippen MR) is 144 cm³/mol. The van der Waals surface area contributed by atoms with Crippen LogP contribution in [0.25, 0.3) is 0 Å². The number of hydrogen-bond donors (Lipinski definition) is 2. The van der Waals surface area contributed by atoms with Crippen molar-refractivity contribution in [3.8, 4) is 23.0 Å². The summed E-state index contributed by atoms with van der Waals surface area (Å²) in [5, 5.41) is 6.61. The van der Waals surface area contributed by atoms with E-state index in [1.165, 1.54) is 0 Å². The van der Waals surface area contributed by atoms with Gasteiger partial charge < -0.3 is 20.1 Å². The molecule has 0 spiro atoms. The van der Waals surface area contributed by atoms with Crippen LogP contribution in [0, 0.1) is 0 Å². The standard InChI is InChI=1S/C31H19N3O4/c35-30(18-8-5-16-26-28(18)33-20-10-1-3-14-24(20)37-26)22-12-7-13-23(32-22)31(36)19-9-6-17-27-29(19)34-21-11-2-4-15-25(21)38-27/h1-17,33-34H. The van der Waals surface area contributed by atoms with Crippen molar-refractivity contribution < 1.29 is 19.1 Å². The molecule has 0 amide bonds. The summed E-state index contributed by atoms with van der Waals surface area (Å²) in [5.41, 5.74) is 3.77. The molecule has 3 heterocycles. The molecule has 0 fully saturated rings. The predicted octanol–water partition coefficient (Wildman–Crippen LogP) is 7.24. The van der Waals surface area contributed by atoms with Gasteiger partial charge in [0.05, 0.1) is 33.9 Å². The number of nitrogens with zero attached hydrogens (tertiary/aromatic N) is 1. The molecule has 0 saturated carbocycles. The lowest BCUT2D eigenvalue weighted by Crippen LogP contribution is -2.14. The van der Waals surface area contributed by atoms with Crippen molar-refractivity contribution in [2.45, 2.75) is 0 Å². The second-order valence-electron chi connectivity index (χ2n) is 8.87. The van der Waals surface area contributed by atoms with Gasteiger partial charge in [-0.25, -0.2) is 4.98 Å². The number of pyridine rings is 1. The van der Waals surface area contributed by atoms with Crippen molar-refractivity contribution in [1.82, 2.24) is 4.98 Å². The Hall–Kier alpha value is -5.43. The number of nitrogens with one attached hydrogen (secondary N) is 2. The third-order valence-electron chi connectivity index (χ3n) is 6.49. The van der Waals surface area contributed by atoms with Gasteiger partial charge in [-0.15, -0.1) is 0 Å². The van der Waals surface area contributed by atoms with E-state index < -0.39 is 0 Å². The molecule has 7 heteroatoms. The fourth-order valence-electron chi connectivity index (χ4n) is 4.66. The van der Waals surface area contributed by atoms with Crippen molar-refractivity contribution in [3.05, 3.63) is 126 Å². The summed E-state index contributed by atoms with van der Waals surface area (Å²) in [4.78, 5) is 31.7. The number of aromatic nitrogens is 1. The van der Waals surface area contributed by atoms with E-state index in [1.807, 2.05) is 48.5 Å². The number of ketones is 2. The molecule has 5 aromatic rings. The quantitative estimate of drug-likeness (QED) is 0.248. The molecule has 2 N–H and O–H groups in total. The second-order valence-corrected chi connectivity index (χ2v) is 8.87. The largest absolute Gasteiger partial charge is 0.453 e. The lowest BCUT2D eigenvalue weighted by atomic mass is 10.0. The fraction of sp³-hybridized carbons (Fsp3) is 0. The molecule has 182 valence electrons. The van der Waals surface area contributed by atoms with E-state index in [2.05, 4.69) is 15.6 Å². The number of carbonyl (C=O) groups is 2. The number of rotatable bonds is 4. The van der Waals surface area contributed by atoms with Gasteiger partial charge in [0, 0.05) is 0 Å². The van der Waals surface area contributed by atoms with Gasteiger partial charge in [-0.3, -0.25) is 9.59 Å². The van der Waals surface area contributed by atoms with Crippen molar-refractivity contribution in [2.75, 3.05) is 10.6 Å². The topological polar surface area (TPSA) is 89.6 Å². The average Bonchev–Trinajstić information content (AvgIpc) is 2.97. The number of benzene rings is 4. The molecule has 4 aromatic carbocycles. The fourth-order valence-corrected chi connectivity index (χ4v) is 4.66. The van der Waals surface area contributed by atoms with E-state index in [0.717, 1.165) is 11.4 Å². The Morgan fingerprint density at radius 3 is 1.42 bits per heavy atom. The Bertz CT molecular complexity index is 1650. The molecular weight excluding hydrogens is 478 g/mol. The molecule has 0 saturated heterocycles. The zero-order valence-corrected chi connectivity index (χ0v) is 19.9. The van der Waals surface area contributed by atoms with E-state index in [9.17, 15) is 9.59 Å². The van der Waals surface area contributed by atoms with Gasteiger partial charge in [-0.2, -0.15) is 0 Å². The molecule has 1 aromatic heterocycles. The van der Waals surface area contributed by atoms with Gasteiger partial charge >= 0.3 is 0 Å². The molecule has 0 unspecified atom stereocenters. The Labute approximate surface area is 217 Å². The smallest absolute Gasteiger partial charge is 0.213 e. The number of fused-ring (bicyclic) bond motifs is 4. The SMILES string of the molecule is O=C(c1cccc(C(=O)c2cccc3c2Nc2ccccc2O3)n1)c1cccc2c1Nc1ccccc1O2. The van der Waals surface area contributed by atoms with Crippen LogP contribution in [0.2, 0.25) is 0 Å². The van der Waals surface area contributed by atoms with Crippen LogP contribution < -0.4 is 20.1 Å². The number of ether oxygens (including phenoxy) is 2. The first kappa shape index (κ1) is 21.8. The maximum absolute atomic E-state index is 13.6. The monoisotopic (exact) mass is 497 g/mol. The van der Waals surface area contributed by atoms with Gasteiger partial charge in [0.2, 0.25) is 11.6 Å². The summed E-state index contributed by atoms with van der Waals surface area (Å²) in [6.07, 6.45) is 0. The number of para-hydroxylation sites is 6. The van der Waals surface area contributed by atoms with Crippen LogP contribution in [-0.2, 0) is 0 Å². The molecule has 2 aliphatic heterocycles. The zero-order valence-electron chi connectivity index (χ0n) is 19.9. The summed E-state index contributed by atoms with van der Waals surface area (Å²) in [6.45, 7) is 0. The minimum absolute atomic E-state index is 0.157. The van der Waals surface area contributed by atoms with Gasteiger partial charge in [0.1, 0.15) is 11.4 Å². The summed E-state index contributed by atoms with van der Waals surface area (Å²) < 4.78 is 12.0. The highest BCUT2D eigenvalue weighted by Crippen LogP contribution is 2.45. The Morgan fingerprint density at radius 1 is 0.500 bits per heavy atom. The van der Waals surface area contributed by atoms with E-state index in [0.29, 0.717) is 45.5 Å². The first-order valence-corrected chi connectivity index (χ1v) is 12.1. The number of hydrogen-bond acceptors (Lipinski definition) is 7. The van der Waals surface area contributed by atoms with Gasteiger partial charge in [0.25, 0.3) is 0 Å². The summed E-state index contributed by atoms with van der Waals surface area (Å²) in [7, 11) is 0. The van der Waals surface area contributed by atoms with Crippen LogP contribution in [0.3, 0.4) is 0 Å². The number of anilines is 4. The minimum Gasteiger partial charge on any atom is -0.453 e. The molecule has 7 nitrogen and oxygen atoms in total. The van der Waals surface area contributed by atoms with Gasteiger partial charge in [-0.1, -0.05) is 42.5 Å². The summed E-state index contributed by atoms with van der Waals surface area (Å²) in [6, 6.07) is 30.5. The van der Waals surface area contributed by atoms with Crippen LogP contribution >= 0.6 is 0 Å². The zero-order chi connectivity index (χ0) is 25.6. The molecule has 2 aliphatic rings. The highest BCUT2D eigenvalue weighted by molar-refractivity contribution is 6.15. The van der Waals surface area contributed by atoms with Crippen molar-refractivity contribution in [2.24, 2.45) is 0 Å². The molecule has 0 bridgehead atoms. The Morgan fingerprint density at radius 2 is 0.921 bits per heavy atom. The highest BCUT2D eigenvalue weighted by atomic mass is 16.5. The lowest BCUT2D eigenvalue weighted by molar-refractivity contribution is 0.103. The summed E-state index contributed by atoms with van der Waals surface area (Å²) in [5.74, 6) is 1.81. The van der Waals surface area contributed by atoms with Crippen molar-refractivity contribution in [3.63, 3.8) is 0 Å². The van der Waals surface area contributed by atoms with Crippen LogP contribution in [-0.4, -0.2) is 16.6 Å². The van der Waals surface area contributed by atoms with Crippen LogP contribution in [0.15, 0.2) is 103 Å². The molecule has 0 atom stereocenters. The maximum atomic E-state index is 13.6. The van der Waals surface area contributed by atoms with Crippen LogP contribution in [0.1, 0.15) is 32.1 Å². The summed E-state index contributed by atoms with van der Waals surface area (Å²) >= 11 is 0. The van der Waals surface area contributed by atoms with E-state index in [1.54, 1.807) is 54.6 Å². The third kappa shape index (κ3) is 3.57. The Balaban J connectivity index is 1.22. The van der Waals surface area contributed by atoms with Gasteiger partial charge in [-0.05, 0) is 60.7 Å². The second kappa shape index (κ2) is 8.60. The lowest BCUT2D eigenvalue weighted by Gasteiger charge is -2.23. The van der Waals surface area contributed by atoms with Gasteiger partial charge in [0.15, 0.2) is 23.0 Å². The highest BCUT2D eigenvalue weighted by Gasteiger charge is 2.26. The normalized spacial score (nSPS) is 12.2. The molecule has 0 aliphatic carbocycles. The molecule has 7 rings (SSSR count). The van der Waals surface area contributed by atoms with Crippen molar-refractivity contribution in [1.29, 1.82) is 0 Å². The van der Waals surface area contributed by atoms with Crippen LogP contribution in [0.5, 0.6) is 23.0 Å². The minimum atomic E-state index is -0.322. The van der Waals surface area contributed by atoms with E-state index in [-0.39, 0.29) is 23.0 Å². The van der Waals surface area contributed by atoms with Crippen LogP contribution in [0.4, 0.5) is 22.7 Å². The van der Waals surface area contributed by atoms with E-state index in [4.69, 9.17) is 9.47 Å². The van der Waals surface area contributed by atoms with E-state index >= 15 is 0 Å². The average molecular weight is 498 g/mol. The Kier molecular flexibility index (Phi) is 4.94. The first-order chi connectivity index (χ1) is 18.7. The number of carbonyl (C=O) groups excluding carboxylic acids is 2. The molecule has 0 radical (unpaired) electrons. The molecular formula is C31H19N3O4. The van der Waals surface area contributed by atoms with Crippen molar-refractivity contribution >= 4 is 34.3 Å².